The van der Waals surface area contributed by atoms with Gasteiger partial charge < -0.3 is 14.7 Å². The van der Waals surface area contributed by atoms with E-state index in [1.165, 1.54) is 0 Å². The monoisotopic (exact) mass is 358 g/mol. The number of aryl methyl sites for hydroxylation is 1. The second kappa shape index (κ2) is 7.64. The molecule has 0 spiro atoms. The number of piperazine rings is 1. The predicted octanol–water partition coefficient (Wildman–Crippen LogP) is 2.38. The molecule has 2 fully saturated rings. The number of pyridine rings is 1. The quantitative estimate of drug-likeness (QED) is 0.832. The topological polar surface area (TPSA) is 56.8 Å². The molecule has 3 rings (SSSR count). The van der Waals surface area contributed by atoms with Crippen molar-refractivity contribution in [2.45, 2.75) is 46.6 Å². The van der Waals surface area contributed by atoms with Gasteiger partial charge in [0.1, 0.15) is 0 Å². The van der Waals surface area contributed by atoms with Crippen LogP contribution >= 0.6 is 0 Å². The number of carbonyl (C=O) groups excluding carboxylic acids is 2. The molecular weight excluding hydrogens is 328 g/mol. The highest BCUT2D eigenvalue weighted by molar-refractivity contribution is 5.78. The first-order chi connectivity index (χ1) is 12.4. The summed E-state index contributed by atoms with van der Waals surface area (Å²) in [7, 11) is 0. The molecule has 2 aliphatic heterocycles. The van der Waals surface area contributed by atoms with Crippen molar-refractivity contribution >= 4 is 17.5 Å². The number of aromatic nitrogens is 1. The van der Waals surface area contributed by atoms with Gasteiger partial charge in [-0.05, 0) is 31.9 Å². The van der Waals surface area contributed by atoms with E-state index in [0.717, 1.165) is 62.6 Å². The van der Waals surface area contributed by atoms with Crippen LogP contribution < -0.4 is 4.90 Å². The summed E-state index contributed by atoms with van der Waals surface area (Å²) in [6.45, 7) is 11.6. The summed E-state index contributed by atoms with van der Waals surface area (Å²) >= 11 is 0. The van der Waals surface area contributed by atoms with Gasteiger partial charge in [0.05, 0.1) is 11.7 Å². The largest absolute Gasteiger partial charge is 0.368 e. The van der Waals surface area contributed by atoms with Crippen molar-refractivity contribution in [3.8, 4) is 0 Å². The van der Waals surface area contributed by atoms with Gasteiger partial charge in [-0.1, -0.05) is 13.8 Å². The molecule has 142 valence electrons. The molecule has 2 aliphatic rings. The van der Waals surface area contributed by atoms with E-state index in [1.807, 2.05) is 30.6 Å². The Hall–Kier alpha value is -2.11. The minimum absolute atomic E-state index is 0.0521. The molecule has 0 radical (unpaired) electrons. The van der Waals surface area contributed by atoms with Crippen molar-refractivity contribution < 1.29 is 9.59 Å². The number of likely N-dealkylation sites (tertiary alicyclic amines) is 1. The Morgan fingerprint density at radius 2 is 1.81 bits per heavy atom. The van der Waals surface area contributed by atoms with Crippen LogP contribution in [0.5, 0.6) is 0 Å². The lowest BCUT2D eigenvalue weighted by Gasteiger charge is -2.37. The fourth-order valence-electron chi connectivity index (χ4n) is 4.03. The first-order valence-electron chi connectivity index (χ1n) is 9.66. The first-order valence-corrected chi connectivity index (χ1v) is 9.66. The summed E-state index contributed by atoms with van der Waals surface area (Å²) in [4.78, 5) is 35.0. The molecule has 1 aromatic rings. The molecule has 0 aromatic carbocycles. The van der Waals surface area contributed by atoms with Gasteiger partial charge in [-0.2, -0.15) is 0 Å². The van der Waals surface area contributed by atoms with E-state index < -0.39 is 0 Å². The molecule has 6 nitrogen and oxygen atoms in total. The fraction of sp³-hybridized carbons (Fsp3) is 0.650. The van der Waals surface area contributed by atoms with Crippen LogP contribution in [0.4, 0.5) is 5.69 Å². The van der Waals surface area contributed by atoms with Crippen LogP contribution in [0.3, 0.4) is 0 Å². The molecule has 0 saturated carbocycles. The van der Waals surface area contributed by atoms with E-state index in [-0.39, 0.29) is 23.8 Å². The summed E-state index contributed by atoms with van der Waals surface area (Å²) in [6, 6.07) is 4.34. The zero-order valence-electron chi connectivity index (χ0n) is 16.4. The maximum Gasteiger partial charge on any atom is 0.225 e. The highest BCUT2D eigenvalue weighted by Gasteiger charge is 2.30. The van der Waals surface area contributed by atoms with Gasteiger partial charge >= 0.3 is 0 Å². The Labute approximate surface area is 156 Å². The molecule has 3 heterocycles. The van der Waals surface area contributed by atoms with E-state index in [0.29, 0.717) is 0 Å². The number of rotatable bonds is 3. The number of hydrogen-bond acceptors (Lipinski definition) is 4. The standard InChI is InChI=1S/C20H30N4O2/c1-14(2)20(26)23-10-8-22(9-11-23)17-12-15(3)21-18(13-17)19-6-5-7-24(19)16(4)25/h12-14,19H,5-11H2,1-4H3/t19-/m0/s1. The van der Waals surface area contributed by atoms with E-state index in [1.54, 1.807) is 6.92 Å². The van der Waals surface area contributed by atoms with Crippen LogP contribution in [-0.2, 0) is 9.59 Å². The maximum absolute atomic E-state index is 12.2. The van der Waals surface area contributed by atoms with Crippen molar-refractivity contribution in [3.05, 3.63) is 23.5 Å². The van der Waals surface area contributed by atoms with Gasteiger partial charge in [-0.3, -0.25) is 14.6 Å². The molecule has 6 heteroatoms. The fourth-order valence-corrected chi connectivity index (χ4v) is 4.03. The molecule has 2 saturated heterocycles. The van der Waals surface area contributed by atoms with Crippen LogP contribution in [0.25, 0.3) is 0 Å². The van der Waals surface area contributed by atoms with Crippen molar-refractivity contribution in [3.63, 3.8) is 0 Å². The van der Waals surface area contributed by atoms with E-state index in [2.05, 4.69) is 17.0 Å². The zero-order valence-corrected chi connectivity index (χ0v) is 16.4. The van der Waals surface area contributed by atoms with Crippen molar-refractivity contribution in [1.29, 1.82) is 0 Å². The number of anilines is 1. The van der Waals surface area contributed by atoms with Gasteiger partial charge in [-0.15, -0.1) is 0 Å². The molecule has 0 N–H and O–H groups in total. The average molecular weight is 358 g/mol. The van der Waals surface area contributed by atoms with Gasteiger partial charge in [0, 0.05) is 56.9 Å². The minimum atomic E-state index is 0.0521. The van der Waals surface area contributed by atoms with Crippen molar-refractivity contribution in [1.82, 2.24) is 14.8 Å². The normalized spacial score (nSPS) is 20.8. The second-order valence-corrected chi connectivity index (χ2v) is 7.73. The van der Waals surface area contributed by atoms with Crippen LogP contribution in [0.15, 0.2) is 12.1 Å². The summed E-state index contributed by atoms with van der Waals surface area (Å²) in [5.74, 6) is 0.411. The van der Waals surface area contributed by atoms with Gasteiger partial charge in [0.2, 0.25) is 11.8 Å². The summed E-state index contributed by atoms with van der Waals surface area (Å²) in [5, 5.41) is 0. The molecular formula is C20H30N4O2. The van der Waals surface area contributed by atoms with Crippen LogP contribution in [0, 0.1) is 12.8 Å². The van der Waals surface area contributed by atoms with Crippen molar-refractivity contribution in [2.75, 3.05) is 37.6 Å². The zero-order chi connectivity index (χ0) is 18.8. The Morgan fingerprint density at radius 1 is 1.12 bits per heavy atom. The summed E-state index contributed by atoms with van der Waals surface area (Å²) < 4.78 is 0. The van der Waals surface area contributed by atoms with Gasteiger partial charge in [0.25, 0.3) is 0 Å². The van der Waals surface area contributed by atoms with Gasteiger partial charge in [0.15, 0.2) is 0 Å². The van der Waals surface area contributed by atoms with E-state index >= 15 is 0 Å². The number of hydrogen-bond donors (Lipinski definition) is 0. The van der Waals surface area contributed by atoms with Gasteiger partial charge in [-0.25, -0.2) is 0 Å². The van der Waals surface area contributed by atoms with Crippen LogP contribution in [0.1, 0.15) is 51.0 Å². The molecule has 0 aliphatic carbocycles. The Kier molecular flexibility index (Phi) is 5.49. The lowest BCUT2D eigenvalue weighted by molar-refractivity contribution is -0.134. The Bertz CT molecular complexity index is 680. The lowest BCUT2D eigenvalue weighted by atomic mass is 10.1. The van der Waals surface area contributed by atoms with Crippen LogP contribution in [0.2, 0.25) is 0 Å². The smallest absolute Gasteiger partial charge is 0.225 e. The minimum Gasteiger partial charge on any atom is -0.368 e. The molecule has 2 amide bonds. The summed E-state index contributed by atoms with van der Waals surface area (Å²) in [6.07, 6.45) is 2.01. The average Bonchev–Trinajstić information content (AvgIpc) is 3.11. The summed E-state index contributed by atoms with van der Waals surface area (Å²) in [5.41, 5.74) is 3.13. The van der Waals surface area contributed by atoms with E-state index in [9.17, 15) is 9.59 Å². The number of carbonyl (C=O) groups is 2. The number of nitrogens with zero attached hydrogens (tertiary/aromatic N) is 4. The lowest BCUT2D eigenvalue weighted by Crippen LogP contribution is -2.50. The highest BCUT2D eigenvalue weighted by atomic mass is 16.2. The predicted molar refractivity (Wildman–Crippen MR) is 102 cm³/mol. The third kappa shape index (κ3) is 3.84. The molecule has 26 heavy (non-hydrogen) atoms. The van der Waals surface area contributed by atoms with E-state index in [4.69, 9.17) is 4.98 Å². The maximum atomic E-state index is 12.2. The highest BCUT2D eigenvalue weighted by Crippen LogP contribution is 2.33. The molecule has 0 bridgehead atoms. The Balaban J connectivity index is 1.75. The third-order valence-electron chi connectivity index (χ3n) is 5.41. The third-order valence-corrected chi connectivity index (χ3v) is 5.41. The first kappa shape index (κ1) is 18.7. The molecule has 1 aromatic heterocycles. The molecule has 1 atom stereocenters. The Morgan fingerprint density at radius 3 is 2.42 bits per heavy atom. The van der Waals surface area contributed by atoms with Crippen molar-refractivity contribution in [2.24, 2.45) is 5.92 Å². The molecule has 0 unspecified atom stereocenters. The SMILES string of the molecule is CC(=O)N1CCC[C@H]1c1cc(N2CCN(C(=O)C(C)C)CC2)cc(C)n1. The number of amides is 2. The van der Waals surface area contributed by atoms with Crippen LogP contribution in [-0.4, -0.2) is 59.3 Å². The second-order valence-electron chi connectivity index (χ2n) is 7.73.